The summed E-state index contributed by atoms with van der Waals surface area (Å²) >= 11 is 2.16. The maximum atomic E-state index is 12.1. The fourth-order valence-corrected chi connectivity index (χ4v) is 2.94. The molecule has 0 bridgehead atoms. The molecule has 0 saturated heterocycles. The van der Waals surface area contributed by atoms with Crippen molar-refractivity contribution in [2.24, 2.45) is 0 Å². The van der Waals surface area contributed by atoms with Gasteiger partial charge in [-0.3, -0.25) is 4.79 Å². The molecule has 4 heteroatoms. The van der Waals surface area contributed by atoms with E-state index in [1.165, 1.54) is 0 Å². The van der Waals surface area contributed by atoms with E-state index in [4.69, 9.17) is 0 Å². The van der Waals surface area contributed by atoms with Crippen molar-refractivity contribution < 1.29 is 9.90 Å². The molecule has 98 valence electrons. The minimum absolute atomic E-state index is 0.0941. The van der Waals surface area contributed by atoms with Crippen molar-refractivity contribution in [2.75, 3.05) is 6.54 Å². The Kier molecular flexibility index (Phi) is 4.27. The molecule has 1 saturated carbocycles. The SMILES string of the molecule is Cc1ccc(I)c(C(=O)NCC2(O)CCCC2)c1. The molecule has 2 N–H and O–H groups in total. The highest BCUT2D eigenvalue weighted by Crippen LogP contribution is 2.28. The average Bonchev–Trinajstić information content (AvgIpc) is 2.77. The van der Waals surface area contributed by atoms with Crippen molar-refractivity contribution in [2.45, 2.75) is 38.2 Å². The standard InChI is InChI=1S/C14H18INO2/c1-10-4-5-12(15)11(8-10)13(17)16-9-14(18)6-2-3-7-14/h4-5,8,18H,2-3,6-7,9H2,1H3,(H,16,17). The molecule has 0 spiro atoms. The van der Waals surface area contributed by atoms with Crippen LogP contribution in [0, 0.1) is 10.5 Å². The molecular weight excluding hydrogens is 341 g/mol. The van der Waals surface area contributed by atoms with Crippen LogP contribution in [0.1, 0.15) is 41.6 Å². The zero-order chi connectivity index (χ0) is 13.2. The first kappa shape index (κ1) is 13.8. The molecule has 0 aliphatic heterocycles. The van der Waals surface area contributed by atoms with Gasteiger partial charge in [0.1, 0.15) is 0 Å². The Morgan fingerprint density at radius 2 is 2.11 bits per heavy atom. The predicted octanol–water partition coefficient (Wildman–Crippen LogP) is 2.63. The summed E-state index contributed by atoms with van der Waals surface area (Å²) < 4.78 is 0.939. The number of aryl methyl sites for hydroxylation is 1. The number of aliphatic hydroxyl groups is 1. The quantitative estimate of drug-likeness (QED) is 0.816. The van der Waals surface area contributed by atoms with E-state index in [-0.39, 0.29) is 5.91 Å². The number of benzene rings is 1. The van der Waals surface area contributed by atoms with Crippen LogP contribution in [0.2, 0.25) is 0 Å². The summed E-state index contributed by atoms with van der Waals surface area (Å²) in [6.07, 6.45) is 3.68. The van der Waals surface area contributed by atoms with Crippen molar-refractivity contribution >= 4 is 28.5 Å². The van der Waals surface area contributed by atoms with Crippen LogP contribution < -0.4 is 5.32 Å². The molecule has 0 radical (unpaired) electrons. The molecule has 1 aliphatic carbocycles. The van der Waals surface area contributed by atoms with Crippen LogP contribution in [0.15, 0.2) is 18.2 Å². The van der Waals surface area contributed by atoms with E-state index in [1.807, 2.05) is 25.1 Å². The van der Waals surface area contributed by atoms with Crippen LogP contribution in [0.3, 0.4) is 0 Å². The molecule has 18 heavy (non-hydrogen) atoms. The van der Waals surface area contributed by atoms with E-state index in [1.54, 1.807) is 0 Å². The Morgan fingerprint density at radius 3 is 2.78 bits per heavy atom. The number of carbonyl (C=O) groups is 1. The lowest BCUT2D eigenvalue weighted by Crippen LogP contribution is -2.41. The summed E-state index contributed by atoms with van der Waals surface area (Å²) in [5.74, 6) is -0.0941. The molecular formula is C14H18INO2. The molecule has 1 fully saturated rings. The number of hydrogen-bond donors (Lipinski definition) is 2. The summed E-state index contributed by atoms with van der Waals surface area (Å²) in [4.78, 5) is 12.1. The second kappa shape index (κ2) is 5.57. The van der Waals surface area contributed by atoms with Crippen molar-refractivity contribution in [3.8, 4) is 0 Å². The number of carbonyl (C=O) groups excluding carboxylic acids is 1. The first-order valence-corrected chi connectivity index (χ1v) is 7.35. The summed E-state index contributed by atoms with van der Waals surface area (Å²) in [7, 11) is 0. The van der Waals surface area contributed by atoms with Crippen LogP contribution in [0.4, 0.5) is 0 Å². The normalized spacial score (nSPS) is 17.7. The van der Waals surface area contributed by atoms with E-state index in [0.29, 0.717) is 12.1 Å². The van der Waals surface area contributed by atoms with Crippen LogP contribution in [-0.4, -0.2) is 23.2 Å². The fourth-order valence-electron chi connectivity index (χ4n) is 2.36. The number of hydrogen-bond acceptors (Lipinski definition) is 2. The molecule has 0 unspecified atom stereocenters. The van der Waals surface area contributed by atoms with Gasteiger partial charge in [0.25, 0.3) is 5.91 Å². The highest BCUT2D eigenvalue weighted by atomic mass is 127. The number of rotatable bonds is 3. The Bertz CT molecular complexity index is 453. The monoisotopic (exact) mass is 359 g/mol. The molecule has 1 aliphatic rings. The van der Waals surface area contributed by atoms with E-state index in [2.05, 4.69) is 27.9 Å². The smallest absolute Gasteiger partial charge is 0.252 e. The predicted molar refractivity (Wildman–Crippen MR) is 79.6 cm³/mol. The van der Waals surface area contributed by atoms with Crippen molar-refractivity contribution in [1.82, 2.24) is 5.32 Å². The molecule has 1 aromatic carbocycles. The van der Waals surface area contributed by atoms with Gasteiger partial charge in [0, 0.05) is 10.1 Å². The lowest BCUT2D eigenvalue weighted by atomic mass is 10.0. The zero-order valence-corrected chi connectivity index (χ0v) is 12.7. The molecule has 0 aromatic heterocycles. The van der Waals surface area contributed by atoms with E-state index < -0.39 is 5.60 Å². The van der Waals surface area contributed by atoms with Crippen LogP contribution in [0.5, 0.6) is 0 Å². The molecule has 1 aromatic rings. The van der Waals surface area contributed by atoms with Gasteiger partial charge in [-0.2, -0.15) is 0 Å². The number of amides is 1. The van der Waals surface area contributed by atoms with Gasteiger partial charge in [-0.05, 0) is 54.5 Å². The third kappa shape index (κ3) is 3.23. The topological polar surface area (TPSA) is 49.3 Å². The van der Waals surface area contributed by atoms with Gasteiger partial charge in [0.2, 0.25) is 0 Å². The summed E-state index contributed by atoms with van der Waals surface area (Å²) in [5.41, 5.74) is 1.07. The van der Waals surface area contributed by atoms with Crippen LogP contribution in [0.25, 0.3) is 0 Å². The van der Waals surface area contributed by atoms with Gasteiger partial charge in [-0.25, -0.2) is 0 Å². The fraction of sp³-hybridized carbons (Fsp3) is 0.500. The zero-order valence-electron chi connectivity index (χ0n) is 10.5. The lowest BCUT2D eigenvalue weighted by molar-refractivity contribution is 0.0449. The van der Waals surface area contributed by atoms with Gasteiger partial charge in [0.05, 0.1) is 11.2 Å². The van der Waals surface area contributed by atoms with Crippen LogP contribution in [-0.2, 0) is 0 Å². The molecule has 0 atom stereocenters. The van der Waals surface area contributed by atoms with E-state index in [0.717, 1.165) is 34.8 Å². The Morgan fingerprint density at radius 1 is 1.44 bits per heavy atom. The second-order valence-corrected chi connectivity index (χ2v) is 6.26. The largest absolute Gasteiger partial charge is 0.388 e. The summed E-state index contributed by atoms with van der Waals surface area (Å²) in [5, 5.41) is 13.1. The van der Waals surface area contributed by atoms with Gasteiger partial charge < -0.3 is 10.4 Å². The number of nitrogens with one attached hydrogen (secondary N) is 1. The van der Waals surface area contributed by atoms with Crippen molar-refractivity contribution in [3.63, 3.8) is 0 Å². The van der Waals surface area contributed by atoms with Gasteiger partial charge in [-0.15, -0.1) is 0 Å². The van der Waals surface area contributed by atoms with Crippen molar-refractivity contribution in [1.29, 1.82) is 0 Å². The summed E-state index contributed by atoms with van der Waals surface area (Å²) in [6, 6.07) is 5.81. The Hall–Kier alpha value is -0.620. The van der Waals surface area contributed by atoms with E-state index >= 15 is 0 Å². The molecule has 1 amide bonds. The third-order valence-corrected chi connectivity index (χ3v) is 4.42. The molecule has 2 rings (SSSR count). The van der Waals surface area contributed by atoms with Crippen molar-refractivity contribution in [3.05, 3.63) is 32.9 Å². The highest BCUT2D eigenvalue weighted by Gasteiger charge is 2.31. The first-order valence-electron chi connectivity index (χ1n) is 6.27. The Labute approximate surface area is 121 Å². The average molecular weight is 359 g/mol. The second-order valence-electron chi connectivity index (χ2n) is 5.10. The molecule has 3 nitrogen and oxygen atoms in total. The first-order chi connectivity index (χ1) is 8.50. The number of halogens is 1. The highest BCUT2D eigenvalue weighted by molar-refractivity contribution is 14.1. The maximum absolute atomic E-state index is 12.1. The van der Waals surface area contributed by atoms with Gasteiger partial charge in [-0.1, -0.05) is 24.5 Å². The molecule has 0 heterocycles. The minimum atomic E-state index is -0.690. The Balaban J connectivity index is 2.01. The maximum Gasteiger partial charge on any atom is 0.252 e. The van der Waals surface area contributed by atoms with Crippen LogP contribution >= 0.6 is 22.6 Å². The lowest BCUT2D eigenvalue weighted by Gasteiger charge is -2.22. The summed E-state index contributed by atoms with van der Waals surface area (Å²) in [6.45, 7) is 2.33. The minimum Gasteiger partial charge on any atom is -0.388 e. The van der Waals surface area contributed by atoms with E-state index in [9.17, 15) is 9.90 Å². The van der Waals surface area contributed by atoms with Gasteiger partial charge >= 0.3 is 0 Å². The van der Waals surface area contributed by atoms with Gasteiger partial charge in [0.15, 0.2) is 0 Å². The third-order valence-electron chi connectivity index (χ3n) is 3.48.